The van der Waals surface area contributed by atoms with E-state index in [0.717, 1.165) is 4.57 Å². The van der Waals surface area contributed by atoms with Crippen molar-refractivity contribution in [3.8, 4) is 0 Å². The van der Waals surface area contributed by atoms with Gasteiger partial charge in [0.2, 0.25) is 0 Å². The number of hydrogen-bond acceptors (Lipinski definition) is 7. The summed E-state index contributed by atoms with van der Waals surface area (Å²) >= 11 is 0. The molecule has 1 aliphatic rings. The lowest BCUT2D eigenvalue weighted by Gasteiger charge is -2.17. The van der Waals surface area contributed by atoms with Crippen LogP contribution in [-0.2, 0) is 4.74 Å². The Kier molecular flexibility index (Phi) is 3.35. The zero-order chi connectivity index (χ0) is 13.4. The fourth-order valence-corrected chi connectivity index (χ4v) is 1.87. The van der Waals surface area contributed by atoms with Crippen LogP contribution in [0.4, 0.5) is 5.82 Å². The van der Waals surface area contributed by atoms with Crippen molar-refractivity contribution in [2.45, 2.75) is 31.5 Å². The first-order chi connectivity index (χ1) is 8.45. The molecule has 1 aromatic heterocycles. The van der Waals surface area contributed by atoms with Gasteiger partial charge in [0, 0.05) is 11.8 Å². The molecule has 1 saturated heterocycles. The Bertz CT molecular complexity index is 503. The van der Waals surface area contributed by atoms with Gasteiger partial charge in [0.1, 0.15) is 24.1 Å². The van der Waals surface area contributed by atoms with Gasteiger partial charge in [-0.3, -0.25) is 4.57 Å². The van der Waals surface area contributed by atoms with Crippen LogP contribution in [0.3, 0.4) is 0 Å². The number of aliphatic hydroxyl groups excluding tert-OH is 3. The molecule has 5 N–H and O–H groups in total. The molecule has 0 aromatic carbocycles. The van der Waals surface area contributed by atoms with Gasteiger partial charge in [0.25, 0.3) is 0 Å². The van der Waals surface area contributed by atoms with Gasteiger partial charge in [0.15, 0.2) is 6.23 Å². The summed E-state index contributed by atoms with van der Waals surface area (Å²) in [5.41, 5.74) is 5.35. The van der Waals surface area contributed by atoms with Crippen molar-refractivity contribution in [3.05, 3.63) is 22.2 Å². The maximum atomic E-state index is 11.7. The molecule has 2 rings (SSSR count). The molecule has 0 spiro atoms. The summed E-state index contributed by atoms with van der Waals surface area (Å²) in [6.07, 6.45) is -3.20. The maximum absolute atomic E-state index is 11.7. The number of ether oxygens (including phenoxy) is 1. The number of rotatable bonds is 2. The van der Waals surface area contributed by atoms with E-state index in [1.54, 1.807) is 6.92 Å². The molecule has 100 valence electrons. The Morgan fingerprint density at radius 2 is 2.17 bits per heavy atom. The second-order valence-electron chi connectivity index (χ2n) is 4.23. The molecule has 0 radical (unpaired) electrons. The van der Waals surface area contributed by atoms with Crippen molar-refractivity contribution in [2.75, 3.05) is 12.3 Å². The Morgan fingerprint density at radius 1 is 1.50 bits per heavy atom. The molecule has 8 nitrogen and oxygen atoms in total. The summed E-state index contributed by atoms with van der Waals surface area (Å²) in [6, 6.07) is 0. The van der Waals surface area contributed by atoms with Gasteiger partial charge in [-0.25, -0.2) is 4.79 Å². The van der Waals surface area contributed by atoms with Crippen LogP contribution in [0.1, 0.15) is 11.8 Å². The highest BCUT2D eigenvalue weighted by Gasteiger charge is 2.43. The minimum Gasteiger partial charge on any atom is -0.394 e. The molecule has 0 amide bonds. The van der Waals surface area contributed by atoms with E-state index in [1.165, 1.54) is 6.20 Å². The number of aryl methyl sites for hydroxylation is 1. The molecular weight excluding hydrogens is 242 g/mol. The number of nitrogens with two attached hydrogens (primary N) is 1. The Labute approximate surface area is 102 Å². The first-order valence-corrected chi connectivity index (χ1v) is 5.43. The van der Waals surface area contributed by atoms with E-state index < -0.39 is 36.8 Å². The minimum atomic E-state index is -1.32. The van der Waals surface area contributed by atoms with Crippen molar-refractivity contribution < 1.29 is 20.1 Å². The third kappa shape index (κ3) is 1.99. The average molecular weight is 257 g/mol. The summed E-state index contributed by atoms with van der Waals surface area (Å²) in [5.74, 6) is 0.1000. The number of nitrogen functional groups attached to an aromatic ring is 1. The van der Waals surface area contributed by atoms with Crippen LogP contribution in [0, 0.1) is 6.92 Å². The van der Waals surface area contributed by atoms with Crippen LogP contribution in [0.2, 0.25) is 0 Å². The van der Waals surface area contributed by atoms with E-state index in [-0.39, 0.29) is 5.82 Å². The fourth-order valence-electron chi connectivity index (χ4n) is 1.87. The Hall–Kier alpha value is -1.48. The number of aliphatic hydroxyl groups is 3. The molecule has 4 atom stereocenters. The zero-order valence-corrected chi connectivity index (χ0v) is 9.72. The first-order valence-electron chi connectivity index (χ1n) is 5.43. The highest BCUT2D eigenvalue weighted by Crippen LogP contribution is 2.28. The summed E-state index contributed by atoms with van der Waals surface area (Å²) < 4.78 is 6.28. The number of hydrogen-bond donors (Lipinski definition) is 4. The maximum Gasteiger partial charge on any atom is 0.351 e. The minimum absolute atomic E-state index is 0.1000. The lowest BCUT2D eigenvalue weighted by atomic mass is 10.1. The summed E-state index contributed by atoms with van der Waals surface area (Å²) in [4.78, 5) is 15.2. The lowest BCUT2D eigenvalue weighted by Crippen LogP contribution is -2.36. The van der Waals surface area contributed by atoms with Gasteiger partial charge in [-0.15, -0.1) is 0 Å². The van der Waals surface area contributed by atoms with E-state index in [2.05, 4.69) is 4.98 Å². The van der Waals surface area contributed by atoms with Crippen molar-refractivity contribution in [1.29, 1.82) is 0 Å². The normalized spacial score (nSPS) is 31.8. The Morgan fingerprint density at radius 3 is 2.72 bits per heavy atom. The number of nitrogens with zero attached hydrogens (tertiary/aromatic N) is 2. The van der Waals surface area contributed by atoms with Crippen LogP contribution < -0.4 is 11.4 Å². The molecule has 1 unspecified atom stereocenters. The van der Waals surface area contributed by atoms with E-state index >= 15 is 0 Å². The molecule has 2 heterocycles. The highest BCUT2D eigenvalue weighted by atomic mass is 16.6. The summed E-state index contributed by atoms with van der Waals surface area (Å²) in [5, 5.41) is 28.4. The Balaban J connectivity index is 2.39. The second-order valence-corrected chi connectivity index (χ2v) is 4.23. The number of anilines is 1. The molecule has 18 heavy (non-hydrogen) atoms. The predicted octanol–water partition coefficient (Wildman–Crippen LogP) is -2.25. The smallest absolute Gasteiger partial charge is 0.351 e. The number of aromatic nitrogens is 2. The average Bonchev–Trinajstić information content (AvgIpc) is 2.61. The predicted molar refractivity (Wildman–Crippen MR) is 60.7 cm³/mol. The molecule has 0 saturated carbocycles. The van der Waals surface area contributed by atoms with Crippen LogP contribution in [0.5, 0.6) is 0 Å². The fraction of sp³-hybridized carbons (Fsp3) is 0.600. The van der Waals surface area contributed by atoms with E-state index in [0.29, 0.717) is 5.56 Å². The molecule has 0 bridgehead atoms. The molecule has 0 aliphatic carbocycles. The standard InChI is InChI=1S/C10H15N3O5/c1-4-2-13(10(17)12-8(4)11)9-7(16)6(15)5(3-14)18-9/h2,5-7,9,14-16H,3H2,1H3,(H2,11,12,17)/t5-,6+,7?,9-/m1/s1. The van der Waals surface area contributed by atoms with Crippen LogP contribution in [0.15, 0.2) is 11.0 Å². The van der Waals surface area contributed by atoms with Crippen molar-refractivity contribution in [1.82, 2.24) is 9.55 Å². The van der Waals surface area contributed by atoms with Crippen molar-refractivity contribution in [3.63, 3.8) is 0 Å². The third-order valence-electron chi connectivity index (χ3n) is 2.97. The lowest BCUT2D eigenvalue weighted by molar-refractivity contribution is -0.0550. The molecular formula is C10H15N3O5. The first kappa shape index (κ1) is 13.0. The van der Waals surface area contributed by atoms with Gasteiger partial charge in [0.05, 0.1) is 6.61 Å². The topological polar surface area (TPSA) is 131 Å². The monoisotopic (exact) mass is 257 g/mol. The largest absolute Gasteiger partial charge is 0.394 e. The zero-order valence-electron chi connectivity index (χ0n) is 9.72. The summed E-state index contributed by atoms with van der Waals surface area (Å²) in [6.45, 7) is 1.20. The van der Waals surface area contributed by atoms with Gasteiger partial charge < -0.3 is 25.8 Å². The van der Waals surface area contributed by atoms with Gasteiger partial charge in [-0.1, -0.05) is 0 Å². The van der Waals surface area contributed by atoms with Crippen molar-refractivity contribution in [2.24, 2.45) is 0 Å². The van der Waals surface area contributed by atoms with Gasteiger partial charge >= 0.3 is 5.69 Å². The SMILES string of the molecule is Cc1cn([C@@H]2O[C@H](CO)[C@H](O)C2O)c(=O)nc1N. The summed E-state index contributed by atoms with van der Waals surface area (Å²) in [7, 11) is 0. The van der Waals surface area contributed by atoms with Gasteiger partial charge in [-0.2, -0.15) is 4.98 Å². The van der Waals surface area contributed by atoms with Crippen LogP contribution in [-0.4, -0.2) is 49.8 Å². The quantitative estimate of drug-likeness (QED) is 0.470. The molecule has 8 heteroatoms. The third-order valence-corrected chi connectivity index (χ3v) is 2.97. The molecule has 1 fully saturated rings. The van der Waals surface area contributed by atoms with E-state index in [4.69, 9.17) is 15.6 Å². The van der Waals surface area contributed by atoms with Crippen LogP contribution in [0.25, 0.3) is 0 Å². The molecule has 1 aliphatic heterocycles. The van der Waals surface area contributed by atoms with E-state index in [1.807, 2.05) is 0 Å². The highest BCUT2D eigenvalue weighted by molar-refractivity contribution is 5.35. The van der Waals surface area contributed by atoms with Crippen molar-refractivity contribution >= 4 is 5.82 Å². The van der Waals surface area contributed by atoms with Crippen LogP contribution >= 0.6 is 0 Å². The second kappa shape index (κ2) is 4.65. The molecule has 1 aromatic rings. The van der Waals surface area contributed by atoms with Gasteiger partial charge in [-0.05, 0) is 6.92 Å². The van der Waals surface area contributed by atoms with E-state index in [9.17, 15) is 15.0 Å².